The molecule has 0 aliphatic rings. The second kappa shape index (κ2) is 8.16. The van der Waals surface area contributed by atoms with Gasteiger partial charge in [-0.05, 0) is 26.3 Å². The van der Waals surface area contributed by atoms with Gasteiger partial charge >= 0.3 is 11.9 Å². The van der Waals surface area contributed by atoms with E-state index in [0.717, 1.165) is 5.56 Å². The lowest BCUT2D eigenvalue weighted by molar-refractivity contribution is -0.140. The fourth-order valence-electron chi connectivity index (χ4n) is 1.11. The number of aryl methyl sites for hydroxylation is 1. The van der Waals surface area contributed by atoms with Crippen molar-refractivity contribution in [3.63, 3.8) is 0 Å². The van der Waals surface area contributed by atoms with Gasteiger partial charge < -0.3 is 20.2 Å². The van der Waals surface area contributed by atoms with Gasteiger partial charge in [0.2, 0.25) is 0 Å². The number of nitrogens with two attached hydrogens (primary N) is 1. The Hall–Kier alpha value is -1.98. The first kappa shape index (κ1) is 16.0. The number of aromatic amines is 1. The largest absolute Gasteiger partial charge is 0.466 e. The van der Waals surface area contributed by atoms with E-state index in [-0.39, 0.29) is 5.97 Å². The fraction of sp³-hybridized carbons (Fsp3) is 0.500. The molecule has 6 nitrogen and oxygen atoms in total. The van der Waals surface area contributed by atoms with Crippen molar-refractivity contribution in [3.8, 4) is 0 Å². The zero-order chi connectivity index (χ0) is 14.1. The Balaban J connectivity index is 0.000000411. The van der Waals surface area contributed by atoms with E-state index < -0.39 is 5.97 Å². The molecule has 3 N–H and O–H groups in total. The van der Waals surface area contributed by atoms with Crippen molar-refractivity contribution in [2.75, 3.05) is 18.9 Å². The summed E-state index contributed by atoms with van der Waals surface area (Å²) in [5.74, 6) is -0.611. The maximum atomic E-state index is 11.1. The van der Waals surface area contributed by atoms with Gasteiger partial charge in [-0.1, -0.05) is 0 Å². The van der Waals surface area contributed by atoms with Gasteiger partial charge in [0.25, 0.3) is 0 Å². The van der Waals surface area contributed by atoms with Crippen LogP contribution in [0.15, 0.2) is 6.20 Å². The Labute approximate surface area is 106 Å². The number of ether oxygens (including phenoxy) is 2. The lowest BCUT2D eigenvalue weighted by Crippen LogP contribution is -2.07. The molecule has 1 aromatic heterocycles. The molecular weight excluding hydrogens is 236 g/mol. The van der Waals surface area contributed by atoms with Crippen molar-refractivity contribution in [3.05, 3.63) is 17.5 Å². The lowest BCUT2D eigenvalue weighted by atomic mass is 10.3. The van der Waals surface area contributed by atoms with Crippen LogP contribution in [0.2, 0.25) is 0 Å². The number of H-pyrrole nitrogens is 1. The quantitative estimate of drug-likeness (QED) is 0.802. The Kier molecular flexibility index (Phi) is 7.26. The highest BCUT2D eigenvalue weighted by Gasteiger charge is 2.13. The molecule has 0 amide bonds. The van der Waals surface area contributed by atoms with Crippen LogP contribution in [0.25, 0.3) is 0 Å². The summed E-state index contributed by atoms with van der Waals surface area (Å²) in [4.78, 5) is 23.7. The summed E-state index contributed by atoms with van der Waals surface area (Å²) in [6.07, 6.45) is 1.68. The third-order valence-electron chi connectivity index (χ3n) is 1.95. The van der Waals surface area contributed by atoms with E-state index in [1.54, 1.807) is 20.0 Å². The normalized spacial score (nSPS) is 9.11. The van der Waals surface area contributed by atoms with Gasteiger partial charge in [-0.15, -0.1) is 0 Å². The van der Waals surface area contributed by atoms with E-state index >= 15 is 0 Å². The molecule has 0 saturated heterocycles. The average Bonchev–Trinajstić information content (AvgIpc) is 2.61. The first-order chi connectivity index (χ1) is 8.43. The van der Waals surface area contributed by atoms with E-state index in [1.165, 1.54) is 6.92 Å². The minimum atomic E-state index is -0.400. The molecule has 0 atom stereocenters. The molecule has 0 saturated carbocycles. The molecule has 1 rings (SSSR count). The van der Waals surface area contributed by atoms with Crippen LogP contribution in [0.4, 0.5) is 5.69 Å². The second-order valence-electron chi connectivity index (χ2n) is 3.41. The lowest BCUT2D eigenvalue weighted by Gasteiger charge is -1.99. The third-order valence-corrected chi connectivity index (χ3v) is 1.95. The van der Waals surface area contributed by atoms with Crippen molar-refractivity contribution in [2.24, 2.45) is 0 Å². The molecule has 0 bridgehead atoms. The summed E-state index contributed by atoms with van der Waals surface area (Å²) in [5.41, 5.74) is 7.27. The SMILES string of the molecule is CCOC(=O)c1[nH]cc(C)c1N.CCOC(C)=O. The number of nitrogen functional groups attached to an aromatic ring is 1. The summed E-state index contributed by atoms with van der Waals surface area (Å²) < 4.78 is 9.17. The van der Waals surface area contributed by atoms with Crippen molar-refractivity contribution < 1.29 is 19.1 Å². The Bertz CT molecular complexity index is 399. The molecule has 1 heterocycles. The van der Waals surface area contributed by atoms with Crippen LogP contribution in [0.1, 0.15) is 36.8 Å². The molecule has 102 valence electrons. The zero-order valence-electron chi connectivity index (χ0n) is 11.2. The monoisotopic (exact) mass is 256 g/mol. The summed E-state index contributed by atoms with van der Waals surface area (Å²) in [5, 5.41) is 0. The number of nitrogens with one attached hydrogen (secondary N) is 1. The first-order valence-corrected chi connectivity index (χ1v) is 5.67. The smallest absolute Gasteiger partial charge is 0.356 e. The third kappa shape index (κ3) is 5.38. The molecule has 1 aromatic rings. The highest BCUT2D eigenvalue weighted by molar-refractivity contribution is 5.93. The summed E-state index contributed by atoms with van der Waals surface area (Å²) in [7, 11) is 0. The number of carbonyl (C=O) groups is 2. The number of esters is 2. The number of anilines is 1. The molecule has 0 aliphatic carbocycles. The van der Waals surface area contributed by atoms with E-state index in [1.807, 2.05) is 6.92 Å². The molecule has 0 radical (unpaired) electrons. The van der Waals surface area contributed by atoms with Gasteiger partial charge in [0, 0.05) is 13.1 Å². The van der Waals surface area contributed by atoms with Crippen LogP contribution in [0, 0.1) is 6.92 Å². The molecule has 0 spiro atoms. The molecule has 6 heteroatoms. The van der Waals surface area contributed by atoms with Crippen molar-refractivity contribution in [1.29, 1.82) is 0 Å². The molecule has 0 aromatic carbocycles. The first-order valence-electron chi connectivity index (χ1n) is 5.67. The number of hydrogen-bond acceptors (Lipinski definition) is 5. The number of rotatable bonds is 3. The maximum absolute atomic E-state index is 11.1. The van der Waals surface area contributed by atoms with Gasteiger partial charge in [-0.25, -0.2) is 4.79 Å². The summed E-state index contributed by atoms with van der Waals surface area (Å²) in [6.45, 7) is 7.59. The van der Waals surface area contributed by atoms with E-state index in [9.17, 15) is 9.59 Å². The average molecular weight is 256 g/mol. The van der Waals surface area contributed by atoms with Crippen LogP contribution in [0.3, 0.4) is 0 Å². The Morgan fingerprint density at radius 3 is 2.11 bits per heavy atom. The Morgan fingerprint density at radius 1 is 1.28 bits per heavy atom. The van der Waals surface area contributed by atoms with Gasteiger partial charge in [0.05, 0.1) is 18.9 Å². The predicted octanol–water partition coefficient (Wildman–Crippen LogP) is 1.65. The number of hydrogen-bond donors (Lipinski definition) is 2. The summed E-state index contributed by atoms with van der Waals surface area (Å²) >= 11 is 0. The molecule has 18 heavy (non-hydrogen) atoms. The highest BCUT2D eigenvalue weighted by Crippen LogP contribution is 2.15. The fourth-order valence-corrected chi connectivity index (χ4v) is 1.11. The van der Waals surface area contributed by atoms with Crippen LogP contribution in [0.5, 0.6) is 0 Å². The molecular formula is C12H20N2O4. The van der Waals surface area contributed by atoms with Crippen LogP contribution in [-0.4, -0.2) is 30.1 Å². The second-order valence-corrected chi connectivity index (χ2v) is 3.41. The van der Waals surface area contributed by atoms with Crippen molar-refractivity contribution in [1.82, 2.24) is 4.98 Å². The standard InChI is InChI=1S/C8H12N2O2.C4H8O2/c1-3-12-8(11)7-6(9)5(2)4-10-7;1-3-6-4(2)5/h4,10H,3,9H2,1-2H3;3H2,1-2H3. The topological polar surface area (TPSA) is 94.4 Å². The minimum absolute atomic E-state index is 0.211. The van der Waals surface area contributed by atoms with Gasteiger partial charge in [-0.2, -0.15) is 0 Å². The molecule has 0 aliphatic heterocycles. The van der Waals surface area contributed by atoms with Crippen LogP contribution in [-0.2, 0) is 14.3 Å². The van der Waals surface area contributed by atoms with E-state index in [2.05, 4.69) is 9.72 Å². The Morgan fingerprint density at radius 2 is 1.83 bits per heavy atom. The zero-order valence-corrected chi connectivity index (χ0v) is 11.2. The van der Waals surface area contributed by atoms with Crippen LogP contribution < -0.4 is 5.73 Å². The van der Waals surface area contributed by atoms with E-state index in [0.29, 0.717) is 24.6 Å². The van der Waals surface area contributed by atoms with Gasteiger partial charge in [0.1, 0.15) is 5.69 Å². The van der Waals surface area contributed by atoms with Crippen molar-refractivity contribution >= 4 is 17.6 Å². The van der Waals surface area contributed by atoms with Crippen molar-refractivity contribution in [2.45, 2.75) is 27.7 Å². The minimum Gasteiger partial charge on any atom is -0.466 e. The highest BCUT2D eigenvalue weighted by atomic mass is 16.5. The van der Waals surface area contributed by atoms with E-state index in [4.69, 9.17) is 10.5 Å². The van der Waals surface area contributed by atoms with Crippen LogP contribution >= 0.6 is 0 Å². The number of aromatic nitrogens is 1. The summed E-state index contributed by atoms with van der Waals surface area (Å²) in [6, 6.07) is 0. The predicted molar refractivity (Wildman–Crippen MR) is 68.2 cm³/mol. The molecule has 0 fully saturated rings. The molecule has 0 unspecified atom stereocenters. The maximum Gasteiger partial charge on any atom is 0.356 e. The van der Waals surface area contributed by atoms with Gasteiger partial charge in [0.15, 0.2) is 0 Å². The number of carbonyl (C=O) groups excluding carboxylic acids is 2. The van der Waals surface area contributed by atoms with Gasteiger partial charge in [-0.3, -0.25) is 4.79 Å².